The zero-order valence-electron chi connectivity index (χ0n) is 18.9. The summed E-state index contributed by atoms with van der Waals surface area (Å²) in [6, 6.07) is 16.7. The monoisotopic (exact) mass is 440 g/mol. The molecule has 33 heavy (non-hydrogen) atoms. The highest BCUT2D eigenvalue weighted by Crippen LogP contribution is 2.45. The Morgan fingerprint density at radius 2 is 1.64 bits per heavy atom. The Labute approximate surface area is 194 Å². The minimum absolute atomic E-state index is 0.00379. The van der Waals surface area contributed by atoms with Crippen molar-refractivity contribution in [2.45, 2.75) is 25.8 Å². The minimum atomic E-state index is 0.00379. The number of hydrogen-bond acceptors (Lipinski definition) is 6. The van der Waals surface area contributed by atoms with Crippen LogP contribution in [-0.2, 0) is 0 Å². The molecule has 3 aliphatic rings. The maximum atomic E-state index is 13.9. The van der Waals surface area contributed by atoms with Crippen LogP contribution >= 0.6 is 0 Å². The lowest BCUT2D eigenvalue weighted by Crippen LogP contribution is -2.51. The third-order valence-electron chi connectivity index (χ3n) is 6.84. The number of fused-ring (bicyclic) bond motifs is 2. The summed E-state index contributed by atoms with van der Waals surface area (Å²) in [7, 11) is 0. The summed E-state index contributed by atoms with van der Waals surface area (Å²) in [5.41, 5.74) is 3.89. The molecule has 7 nitrogen and oxygen atoms in total. The van der Waals surface area contributed by atoms with Gasteiger partial charge in [-0.25, -0.2) is 9.97 Å². The van der Waals surface area contributed by atoms with Crippen LogP contribution in [0.25, 0.3) is 0 Å². The fourth-order valence-corrected chi connectivity index (χ4v) is 4.95. The van der Waals surface area contributed by atoms with E-state index in [1.54, 1.807) is 6.20 Å². The maximum Gasteiger partial charge on any atom is 0.263 e. The van der Waals surface area contributed by atoms with Gasteiger partial charge in [-0.3, -0.25) is 14.6 Å². The van der Waals surface area contributed by atoms with Crippen molar-refractivity contribution in [2.75, 3.05) is 47.5 Å². The van der Waals surface area contributed by atoms with Crippen LogP contribution in [-0.4, -0.2) is 59.7 Å². The normalized spacial score (nSPS) is 18.7. The molecule has 1 saturated carbocycles. The van der Waals surface area contributed by atoms with E-state index in [1.165, 1.54) is 5.69 Å². The van der Waals surface area contributed by atoms with Gasteiger partial charge in [-0.2, -0.15) is 0 Å². The van der Waals surface area contributed by atoms with Crippen LogP contribution in [0.3, 0.4) is 0 Å². The van der Waals surface area contributed by atoms with E-state index in [2.05, 4.69) is 56.9 Å². The number of benzene rings is 1. The van der Waals surface area contributed by atoms with Crippen LogP contribution in [0.4, 0.5) is 23.0 Å². The van der Waals surface area contributed by atoms with Crippen molar-refractivity contribution in [3.8, 4) is 0 Å². The van der Waals surface area contributed by atoms with Crippen molar-refractivity contribution in [1.82, 2.24) is 14.9 Å². The fourth-order valence-electron chi connectivity index (χ4n) is 4.95. The molecule has 1 amide bonds. The minimum Gasteiger partial charge on any atom is -0.369 e. The third kappa shape index (κ3) is 3.62. The summed E-state index contributed by atoms with van der Waals surface area (Å²) in [4.78, 5) is 32.2. The van der Waals surface area contributed by atoms with Gasteiger partial charge in [0.1, 0.15) is 5.82 Å². The number of nitrogens with zero attached hydrogens (tertiary/aromatic N) is 6. The van der Waals surface area contributed by atoms with E-state index < -0.39 is 0 Å². The number of pyridine rings is 2. The van der Waals surface area contributed by atoms with Crippen molar-refractivity contribution < 1.29 is 4.79 Å². The van der Waals surface area contributed by atoms with E-state index in [1.807, 2.05) is 29.3 Å². The molecule has 1 aromatic carbocycles. The SMILES string of the molecule is Cc1ccnc2c1N(CN1CCN(c3ccccc3)CC1)C(=O)c1cccnc1N2C1CC1. The van der Waals surface area contributed by atoms with Gasteiger partial charge in [0.15, 0.2) is 5.82 Å². The van der Waals surface area contributed by atoms with Gasteiger partial charge in [0, 0.05) is 50.3 Å². The van der Waals surface area contributed by atoms with E-state index in [0.29, 0.717) is 18.3 Å². The zero-order chi connectivity index (χ0) is 22.4. The summed E-state index contributed by atoms with van der Waals surface area (Å²) < 4.78 is 0. The number of hydrogen-bond donors (Lipinski definition) is 0. The van der Waals surface area contributed by atoms with E-state index >= 15 is 0 Å². The Hall–Kier alpha value is -3.45. The largest absolute Gasteiger partial charge is 0.369 e. The smallest absolute Gasteiger partial charge is 0.263 e. The Balaban J connectivity index is 1.32. The molecule has 0 N–H and O–H groups in total. The lowest BCUT2D eigenvalue weighted by Gasteiger charge is -2.38. The molecule has 0 atom stereocenters. The molecule has 2 aromatic heterocycles. The molecule has 0 unspecified atom stereocenters. The van der Waals surface area contributed by atoms with Crippen molar-refractivity contribution >= 4 is 28.9 Å². The number of rotatable bonds is 4. The Morgan fingerprint density at radius 3 is 2.39 bits per heavy atom. The maximum absolute atomic E-state index is 13.9. The molecule has 0 bridgehead atoms. The first-order valence-electron chi connectivity index (χ1n) is 11.7. The first-order valence-corrected chi connectivity index (χ1v) is 11.7. The van der Waals surface area contributed by atoms with Gasteiger partial charge in [0.25, 0.3) is 5.91 Å². The lowest BCUT2D eigenvalue weighted by atomic mass is 10.2. The van der Waals surface area contributed by atoms with Gasteiger partial charge < -0.3 is 9.80 Å². The second-order valence-corrected chi connectivity index (χ2v) is 9.09. The quantitative estimate of drug-likeness (QED) is 0.615. The summed E-state index contributed by atoms with van der Waals surface area (Å²) >= 11 is 0. The summed E-state index contributed by atoms with van der Waals surface area (Å²) in [6.45, 7) is 6.31. The van der Waals surface area contributed by atoms with Crippen molar-refractivity contribution in [1.29, 1.82) is 0 Å². The van der Waals surface area contributed by atoms with Gasteiger partial charge in [0.05, 0.1) is 17.9 Å². The number of aryl methyl sites for hydroxylation is 1. The van der Waals surface area contributed by atoms with Gasteiger partial charge in [-0.05, 0) is 55.7 Å². The predicted molar refractivity (Wildman–Crippen MR) is 130 cm³/mol. The number of anilines is 4. The molecular formula is C26H28N6O. The molecule has 4 heterocycles. The number of carbonyl (C=O) groups excluding carboxylic acids is 1. The van der Waals surface area contributed by atoms with Crippen molar-refractivity contribution in [2.24, 2.45) is 0 Å². The number of amides is 1. The van der Waals surface area contributed by atoms with Gasteiger partial charge in [-0.15, -0.1) is 0 Å². The van der Waals surface area contributed by atoms with Crippen LogP contribution in [0.2, 0.25) is 0 Å². The molecule has 6 rings (SSSR count). The van der Waals surface area contributed by atoms with E-state index in [-0.39, 0.29) is 5.91 Å². The number of para-hydroxylation sites is 1. The van der Waals surface area contributed by atoms with E-state index in [9.17, 15) is 4.79 Å². The topological polar surface area (TPSA) is 55.8 Å². The second kappa shape index (κ2) is 8.15. The molecule has 168 valence electrons. The van der Waals surface area contributed by atoms with Gasteiger partial charge in [0.2, 0.25) is 0 Å². The second-order valence-electron chi connectivity index (χ2n) is 9.09. The Bertz CT molecular complexity index is 1170. The predicted octanol–water partition coefficient (Wildman–Crippen LogP) is 3.83. The Morgan fingerprint density at radius 1 is 0.879 bits per heavy atom. The molecule has 3 aromatic rings. The van der Waals surface area contributed by atoms with Gasteiger partial charge in [-0.1, -0.05) is 18.2 Å². The molecule has 2 aliphatic heterocycles. The van der Waals surface area contributed by atoms with Crippen LogP contribution in [0.15, 0.2) is 60.9 Å². The number of aromatic nitrogens is 2. The molecule has 1 saturated heterocycles. The molecule has 7 heteroatoms. The Kier molecular flexibility index (Phi) is 4.99. The van der Waals surface area contributed by atoms with Crippen LogP contribution in [0.1, 0.15) is 28.8 Å². The molecule has 0 spiro atoms. The van der Waals surface area contributed by atoms with Crippen LogP contribution in [0.5, 0.6) is 0 Å². The first-order chi connectivity index (χ1) is 16.2. The van der Waals surface area contributed by atoms with E-state index in [4.69, 9.17) is 4.98 Å². The summed E-state index contributed by atoms with van der Waals surface area (Å²) in [5.74, 6) is 1.59. The molecule has 2 fully saturated rings. The number of piperazine rings is 1. The molecule has 1 aliphatic carbocycles. The standard InChI is InChI=1S/C26H28N6O/c1-19-11-13-28-25-23(19)31(18-29-14-16-30(17-15-29)20-6-3-2-4-7-20)26(33)22-8-5-12-27-24(22)32(25)21-9-10-21/h2-8,11-13,21H,9-10,14-18H2,1H3. The van der Waals surface area contributed by atoms with Crippen LogP contribution in [0, 0.1) is 6.92 Å². The van der Waals surface area contributed by atoms with Crippen molar-refractivity contribution in [3.05, 3.63) is 72.1 Å². The highest BCUT2D eigenvalue weighted by molar-refractivity contribution is 6.13. The average molecular weight is 441 g/mol. The van der Waals surface area contributed by atoms with E-state index in [0.717, 1.165) is 61.9 Å². The fraction of sp³-hybridized carbons (Fsp3) is 0.346. The molecular weight excluding hydrogens is 412 g/mol. The average Bonchev–Trinajstić information content (AvgIpc) is 3.70. The third-order valence-corrected chi connectivity index (χ3v) is 6.84. The van der Waals surface area contributed by atoms with Gasteiger partial charge >= 0.3 is 0 Å². The summed E-state index contributed by atoms with van der Waals surface area (Å²) in [5, 5.41) is 0. The highest BCUT2D eigenvalue weighted by atomic mass is 16.2. The zero-order valence-corrected chi connectivity index (χ0v) is 18.9. The van der Waals surface area contributed by atoms with Crippen molar-refractivity contribution in [3.63, 3.8) is 0 Å². The first kappa shape index (κ1) is 20.2. The highest BCUT2D eigenvalue weighted by Gasteiger charge is 2.41. The number of carbonyl (C=O) groups is 1. The lowest BCUT2D eigenvalue weighted by molar-refractivity contribution is 0.0966. The summed E-state index contributed by atoms with van der Waals surface area (Å²) in [6.07, 6.45) is 5.82. The van der Waals surface area contributed by atoms with Crippen LogP contribution < -0.4 is 14.7 Å². The molecule has 0 radical (unpaired) electrons.